The molecule has 0 amide bonds. The Morgan fingerprint density at radius 1 is 0.344 bits per heavy atom. The predicted octanol–water partition coefficient (Wildman–Crippen LogP) is 16.9. The molecular weight excluding hydrogens is 757 g/mol. The van der Waals surface area contributed by atoms with E-state index in [1.54, 1.807) is 0 Å². The van der Waals surface area contributed by atoms with Gasteiger partial charge in [0.2, 0.25) is 0 Å². The van der Waals surface area contributed by atoms with Crippen molar-refractivity contribution in [3.05, 3.63) is 60.8 Å². The number of hydrogen-bond acceptors (Lipinski definition) is 6. The Morgan fingerprint density at radius 2 is 0.656 bits per heavy atom. The van der Waals surface area contributed by atoms with Crippen molar-refractivity contribution in [2.75, 3.05) is 13.2 Å². The predicted molar refractivity (Wildman–Crippen MR) is 261 cm³/mol. The molecule has 0 saturated carbocycles. The van der Waals surface area contributed by atoms with E-state index in [-0.39, 0.29) is 31.1 Å². The Morgan fingerprint density at radius 3 is 1.07 bits per heavy atom. The molecule has 0 aliphatic carbocycles. The van der Waals surface area contributed by atoms with Gasteiger partial charge in [-0.25, -0.2) is 0 Å². The summed E-state index contributed by atoms with van der Waals surface area (Å²) in [6, 6.07) is 0. The first-order chi connectivity index (χ1) is 30.0. The van der Waals surface area contributed by atoms with Gasteiger partial charge in [0.15, 0.2) is 6.10 Å². The summed E-state index contributed by atoms with van der Waals surface area (Å²) in [7, 11) is 0. The lowest BCUT2D eigenvalue weighted by Gasteiger charge is -2.18. The minimum Gasteiger partial charge on any atom is -0.462 e. The number of allylic oxidation sites excluding steroid dienone is 10. The third-order valence-electron chi connectivity index (χ3n) is 11.0. The first-order valence-electron chi connectivity index (χ1n) is 25.8. The van der Waals surface area contributed by atoms with Crippen molar-refractivity contribution >= 4 is 17.9 Å². The molecule has 6 heteroatoms. The van der Waals surface area contributed by atoms with Crippen LogP contribution in [-0.2, 0) is 28.6 Å². The van der Waals surface area contributed by atoms with Crippen molar-refractivity contribution in [1.29, 1.82) is 0 Å². The van der Waals surface area contributed by atoms with E-state index in [1.807, 2.05) is 0 Å². The van der Waals surface area contributed by atoms with Gasteiger partial charge in [-0.1, -0.05) is 216 Å². The van der Waals surface area contributed by atoms with Crippen LogP contribution >= 0.6 is 0 Å². The molecule has 0 bridgehead atoms. The van der Waals surface area contributed by atoms with Crippen LogP contribution in [0.5, 0.6) is 0 Å². The van der Waals surface area contributed by atoms with Crippen LogP contribution in [-0.4, -0.2) is 37.2 Å². The summed E-state index contributed by atoms with van der Waals surface area (Å²) in [5.41, 5.74) is 0. The maximum Gasteiger partial charge on any atom is 0.306 e. The zero-order valence-corrected chi connectivity index (χ0v) is 40.2. The Hall–Kier alpha value is -2.89. The average molecular weight is 853 g/mol. The summed E-state index contributed by atoms with van der Waals surface area (Å²) < 4.78 is 16.8. The summed E-state index contributed by atoms with van der Waals surface area (Å²) in [5, 5.41) is 0. The molecule has 0 aromatic rings. The normalized spacial score (nSPS) is 12.5. The first-order valence-corrected chi connectivity index (χ1v) is 25.8. The van der Waals surface area contributed by atoms with Crippen LogP contribution in [0.25, 0.3) is 0 Å². The summed E-state index contributed by atoms with van der Waals surface area (Å²) >= 11 is 0. The standard InChI is InChI=1S/C55H96O6/c1-4-7-10-13-16-19-22-24-26-27-28-29-30-32-33-36-39-42-45-48-54(57)60-51-52(50-59-53(56)47-44-41-38-35-21-18-15-12-9-6-3)61-55(58)49-46-43-40-37-34-31-25-23-20-17-14-11-8-5-2/h7,10,15-16,18-19,24,26,28-29,52H,4-6,8-9,11-14,17,20-23,25,27,30-51H2,1-3H3/b10-7-,18-15-,19-16-,26-24-,29-28-. The van der Waals surface area contributed by atoms with E-state index in [0.717, 1.165) is 109 Å². The molecule has 0 saturated heterocycles. The van der Waals surface area contributed by atoms with Crippen molar-refractivity contribution in [1.82, 2.24) is 0 Å². The van der Waals surface area contributed by atoms with Crippen LogP contribution < -0.4 is 0 Å². The zero-order chi connectivity index (χ0) is 44.4. The highest BCUT2D eigenvalue weighted by Crippen LogP contribution is 2.15. The minimum atomic E-state index is -0.781. The van der Waals surface area contributed by atoms with Crippen molar-refractivity contribution < 1.29 is 28.6 Å². The number of carbonyl (C=O) groups excluding carboxylic acids is 3. The summed E-state index contributed by atoms with van der Waals surface area (Å²) in [5.74, 6) is -0.905. The molecular formula is C55H96O6. The van der Waals surface area contributed by atoms with Crippen LogP contribution in [0.2, 0.25) is 0 Å². The SMILES string of the molecule is CC/C=C\C/C=C\C/C=C\C/C=C\CCCCCCCCC(=O)OCC(COC(=O)CCCCCC/C=C\CCCC)OC(=O)CCCCCCCCCCCCCCCC. The molecule has 6 nitrogen and oxygen atoms in total. The molecule has 0 rings (SSSR count). The number of esters is 3. The van der Waals surface area contributed by atoms with Crippen molar-refractivity contribution in [2.24, 2.45) is 0 Å². The van der Waals surface area contributed by atoms with Gasteiger partial charge < -0.3 is 14.2 Å². The van der Waals surface area contributed by atoms with Gasteiger partial charge in [-0.15, -0.1) is 0 Å². The molecule has 0 aliphatic heterocycles. The highest BCUT2D eigenvalue weighted by atomic mass is 16.6. The quantitative estimate of drug-likeness (QED) is 0.0263. The molecule has 352 valence electrons. The van der Waals surface area contributed by atoms with E-state index >= 15 is 0 Å². The Bertz CT molecular complexity index is 1120. The van der Waals surface area contributed by atoms with E-state index in [2.05, 4.69) is 81.5 Å². The molecule has 0 aliphatic rings. The third-order valence-corrected chi connectivity index (χ3v) is 11.0. The fourth-order valence-corrected chi connectivity index (χ4v) is 7.12. The lowest BCUT2D eigenvalue weighted by atomic mass is 10.0. The van der Waals surface area contributed by atoms with Crippen LogP contribution in [0.1, 0.15) is 252 Å². The van der Waals surface area contributed by atoms with E-state index in [1.165, 1.54) is 103 Å². The van der Waals surface area contributed by atoms with Crippen molar-refractivity contribution in [3.63, 3.8) is 0 Å². The summed E-state index contributed by atoms with van der Waals surface area (Å²) in [4.78, 5) is 37.9. The molecule has 0 N–H and O–H groups in total. The lowest BCUT2D eigenvalue weighted by molar-refractivity contribution is -0.167. The van der Waals surface area contributed by atoms with E-state index < -0.39 is 6.10 Å². The number of hydrogen-bond donors (Lipinski definition) is 0. The van der Waals surface area contributed by atoms with Gasteiger partial charge in [0, 0.05) is 19.3 Å². The van der Waals surface area contributed by atoms with Crippen LogP contribution in [0.4, 0.5) is 0 Å². The monoisotopic (exact) mass is 853 g/mol. The Kier molecular flexibility index (Phi) is 47.4. The largest absolute Gasteiger partial charge is 0.462 e. The maximum absolute atomic E-state index is 12.8. The molecule has 0 fully saturated rings. The topological polar surface area (TPSA) is 78.9 Å². The minimum absolute atomic E-state index is 0.0833. The van der Waals surface area contributed by atoms with E-state index in [4.69, 9.17) is 14.2 Å². The Balaban J connectivity index is 4.35. The van der Waals surface area contributed by atoms with Gasteiger partial charge in [-0.2, -0.15) is 0 Å². The van der Waals surface area contributed by atoms with Gasteiger partial charge in [-0.3, -0.25) is 14.4 Å². The second-order valence-electron chi connectivity index (χ2n) is 17.1. The number of rotatable bonds is 46. The highest BCUT2D eigenvalue weighted by Gasteiger charge is 2.19. The number of ether oxygens (including phenoxy) is 3. The number of carbonyl (C=O) groups is 3. The molecule has 0 aromatic heterocycles. The Labute approximate surface area is 377 Å². The first kappa shape index (κ1) is 58.1. The fraction of sp³-hybridized carbons (Fsp3) is 0.764. The fourth-order valence-electron chi connectivity index (χ4n) is 7.12. The number of unbranched alkanes of at least 4 members (excludes halogenated alkanes) is 25. The van der Waals surface area contributed by atoms with E-state index in [9.17, 15) is 14.4 Å². The molecule has 0 spiro atoms. The van der Waals surface area contributed by atoms with Crippen molar-refractivity contribution in [3.8, 4) is 0 Å². The van der Waals surface area contributed by atoms with Crippen LogP contribution in [0.15, 0.2) is 60.8 Å². The molecule has 1 unspecified atom stereocenters. The average Bonchev–Trinajstić information content (AvgIpc) is 3.26. The van der Waals surface area contributed by atoms with Gasteiger partial charge >= 0.3 is 17.9 Å². The van der Waals surface area contributed by atoms with E-state index in [0.29, 0.717) is 19.3 Å². The molecule has 61 heavy (non-hydrogen) atoms. The second kappa shape index (κ2) is 49.8. The lowest BCUT2D eigenvalue weighted by Crippen LogP contribution is -2.30. The molecule has 0 radical (unpaired) electrons. The molecule has 0 heterocycles. The maximum atomic E-state index is 12.8. The summed E-state index contributed by atoms with van der Waals surface area (Å²) in [6.07, 6.45) is 60.6. The van der Waals surface area contributed by atoms with Gasteiger partial charge in [0.05, 0.1) is 0 Å². The van der Waals surface area contributed by atoms with Crippen molar-refractivity contribution in [2.45, 2.75) is 258 Å². The second-order valence-corrected chi connectivity index (χ2v) is 17.1. The summed E-state index contributed by atoms with van der Waals surface area (Å²) in [6.45, 7) is 6.47. The smallest absolute Gasteiger partial charge is 0.306 e. The van der Waals surface area contributed by atoms with Gasteiger partial charge in [-0.05, 0) is 77.0 Å². The van der Waals surface area contributed by atoms with Gasteiger partial charge in [0.25, 0.3) is 0 Å². The third kappa shape index (κ3) is 48.0. The highest BCUT2D eigenvalue weighted by molar-refractivity contribution is 5.71. The zero-order valence-electron chi connectivity index (χ0n) is 40.2. The molecule has 0 aromatic carbocycles. The molecule has 1 atom stereocenters. The van der Waals surface area contributed by atoms with Crippen LogP contribution in [0.3, 0.4) is 0 Å². The van der Waals surface area contributed by atoms with Gasteiger partial charge in [0.1, 0.15) is 13.2 Å². The van der Waals surface area contributed by atoms with Crippen LogP contribution in [0, 0.1) is 0 Å².